The van der Waals surface area contributed by atoms with E-state index in [0.717, 1.165) is 86.0 Å². The number of rotatable bonds is 30. The van der Waals surface area contributed by atoms with Crippen LogP contribution in [0.5, 0.6) is 0 Å². The SMILES string of the molecule is C=C1/C(=C\C=C2/CCC[C@@]3(C)C2CC[C@@H]3[C@H](C)CCCC(C)(C)O)C[C@@H](O)[C@@H](OCCCO)[C@@H]1O.CC1=C(/C=C\C2=CCC[C@@]3(C)C2CC[C@@H]3[C@H](C)CCCC(C)(C)O)C[C@@H](O)[C@@H](OCCCO)[C@@H]1O.C[C@H](CCCC(C)(C)O)[C@H]1CCC2C3=CC=C4C[C@@H](O)[C@@H](OCCCO)[C@H](O)[C@]4(C)C3CC[C@@]21C. The monoisotopic (exact) mass is 1470 g/mol. The molecular formula is C90H150O15. The molecule has 0 radical (unpaired) electrons. The molecular weight excluding hydrogens is 1320 g/mol. The van der Waals surface area contributed by atoms with Crippen molar-refractivity contribution in [3.8, 4) is 0 Å². The topological polar surface area (TPSA) is 270 Å². The summed E-state index contributed by atoms with van der Waals surface area (Å²) in [7, 11) is 0. The van der Waals surface area contributed by atoms with Gasteiger partial charge < -0.3 is 75.5 Å². The van der Waals surface area contributed by atoms with Crippen LogP contribution in [-0.2, 0) is 14.2 Å². The molecule has 0 aromatic carbocycles. The Kier molecular flexibility index (Phi) is 31.6. The van der Waals surface area contributed by atoms with Gasteiger partial charge in [0.25, 0.3) is 0 Å². The van der Waals surface area contributed by atoms with E-state index in [1.165, 1.54) is 100 Å². The molecule has 4 unspecified atom stereocenters. The maximum atomic E-state index is 11.6. The zero-order chi connectivity index (χ0) is 77.2. The van der Waals surface area contributed by atoms with Gasteiger partial charge in [0, 0.05) is 57.9 Å². The van der Waals surface area contributed by atoms with E-state index in [2.05, 4.69) is 97.6 Å². The van der Waals surface area contributed by atoms with Crippen molar-refractivity contribution in [2.45, 2.75) is 348 Å². The number of aliphatic hydroxyl groups is 12. The van der Waals surface area contributed by atoms with Crippen LogP contribution in [0.1, 0.15) is 277 Å². The van der Waals surface area contributed by atoms with E-state index in [0.29, 0.717) is 122 Å². The second-order valence-corrected chi connectivity index (χ2v) is 38.0. The number of allylic oxidation sites excluding steroid dienone is 10. The lowest BCUT2D eigenvalue weighted by molar-refractivity contribution is -0.162. The number of hydrogen-bond donors (Lipinski definition) is 12. The van der Waals surface area contributed by atoms with Crippen molar-refractivity contribution in [3.05, 3.63) is 93.7 Å². The van der Waals surface area contributed by atoms with Crippen molar-refractivity contribution in [2.75, 3.05) is 39.6 Å². The Morgan fingerprint density at radius 1 is 0.524 bits per heavy atom. The Morgan fingerprint density at radius 2 is 0.990 bits per heavy atom. The van der Waals surface area contributed by atoms with Crippen molar-refractivity contribution < 1.29 is 75.5 Å². The Balaban J connectivity index is 0.000000199. The molecule has 0 aromatic rings. The molecule has 105 heavy (non-hydrogen) atoms. The Morgan fingerprint density at radius 3 is 1.51 bits per heavy atom. The molecule has 0 amide bonds. The molecule has 10 rings (SSSR count). The standard InChI is InChI=1S/3C30H50O5/c1-19(8-6-14-28(2,3)34)22-11-12-23-21-10-9-20-18-25(32)26(35-17-7-16-31)27(33)30(20,5)24(21)13-15-29(22,23)4;2*1-20(9-6-15-29(3,4)34)24-13-14-25-22(10-7-16-30(24,25)5)11-12-23-19-26(32)28(27(33)21(23)2)35-18-8-17-31/h9-10,19,22-27,31-34H,6-8,11-18H2,1-5H3;10-12,20,24-28,31-34H,6-9,13-19H2,1-5H3;11-12,20,24-28,31-34H,2,6-10,13-19H2,1,3-5H3/b;12-11-;22-11+,23-12-/t19-,22-,23?,24?,25-,26-,27+,29-,30+;2*20-,24-,25?,26-,27-,28-,30-/m111/s1. The fourth-order valence-corrected chi connectivity index (χ4v) is 22.9. The summed E-state index contributed by atoms with van der Waals surface area (Å²) in [5, 5.41) is 122. The molecule has 7 fully saturated rings. The minimum Gasteiger partial charge on any atom is -0.396 e. The Hall–Kier alpha value is -2.68. The summed E-state index contributed by atoms with van der Waals surface area (Å²) in [5.41, 5.74) is 7.76. The van der Waals surface area contributed by atoms with Crippen molar-refractivity contribution >= 4 is 0 Å². The average Bonchev–Trinajstić information content (AvgIpc) is 1.73. The van der Waals surface area contributed by atoms with Gasteiger partial charge >= 0.3 is 0 Å². The Labute approximate surface area is 635 Å². The van der Waals surface area contributed by atoms with Crippen LogP contribution in [0.4, 0.5) is 0 Å². The summed E-state index contributed by atoms with van der Waals surface area (Å²) in [6, 6.07) is 0. The highest BCUT2D eigenvalue weighted by Crippen LogP contribution is 2.67. The first-order valence-electron chi connectivity index (χ1n) is 41.9. The molecule has 23 atom stereocenters. The van der Waals surface area contributed by atoms with Crippen molar-refractivity contribution in [3.63, 3.8) is 0 Å². The average molecular weight is 1470 g/mol. The molecule has 12 N–H and O–H groups in total. The highest BCUT2D eigenvalue weighted by molar-refractivity contribution is 5.43. The zero-order valence-electron chi connectivity index (χ0n) is 67.9. The molecule has 0 bridgehead atoms. The molecule has 10 aliphatic rings. The highest BCUT2D eigenvalue weighted by atomic mass is 16.5. The van der Waals surface area contributed by atoms with Gasteiger partial charge in [-0.15, -0.1) is 0 Å². The van der Waals surface area contributed by atoms with Gasteiger partial charge in [-0.25, -0.2) is 0 Å². The maximum Gasteiger partial charge on any atom is 0.114 e. The molecule has 600 valence electrons. The van der Waals surface area contributed by atoms with E-state index in [4.69, 9.17) is 29.5 Å². The van der Waals surface area contributed by atoms with Gasteiger partial charge in [-0.3, -0.25) is 0 Å². The lowest BCUT2D eigenvalue weighted by Gasteiger charge is -2.57. The van der Waals surface area contributed by atoms with Crippen LogP contribution in [0.25, 0.3) is 0 Å². The highest BCUT2D eigenvalue weighted by Gasteiger charge is 2.61. The van der Waals surface area contributed by atoms with Gasteiger partial charge in [0.05, 0.1) is 41.2 Å². The third-order valence-corrected chi connectivity index (χ3v) is 28.9. The number of aliphatic hydroxyl groups excluding tert-OH is 9. The summed E-state index contributed by atoms with van der Waals surface area (Å²) in [5.74, 6) is 6.08. The molecule has 10 aliphatic carbocycles. The van der Waals surface area contributed by atoms with Crippen LogP contribution in [-0.4, -0.2) is 173 Å². The van der Waals surface area contributed by atoms with Crippen molar-refractivity contribution in [2.24, 2.45) is 80.8 Å². The first-order valence-corrected chi connectivity index (χ1v) is 41.9. The summed E-state index contributed by atoms with van der Waals surface area (Å²) in [6.07, 6.45) is 36.9. The van der Waals surface area contributed by atoms with Crippen LogP contribution < -0.4 is 0 Å². The predicted molar refractivity (Wildman–Crippen MR) is 420 cm³/mol. The fraction of sp³-hybridized carbons (Fsp3) is 0.822. The summed E-state index contributed by atoms with van der Waals surface area (Å²) >= 11 is 0. The second-order valence-electron chi connectivity index (χ2n) is 38.0. The molecule has 0 spiro atoms. The van der Waals surface area contributed by atoms with Gasteiger partial charge in [-0.2, -0.15) is 0 Å². The van der Waals surface area contributed by atoms with Crippen LogP contribution in [0.2, 0.25) is 0 Å². The summed E-state index contributed by atoms with van der Waals surface area (Å²) in [4.78, 5) is 0. The van der Waals surface area contributed by atoms with Crippen molar-refractivity contribution in [1.29, 1.82) is 0 Å². The normalized spacial score (nSPS) is 38.0. The molecule has 0 saturated heterocycles. The summed E-state index contributed by atoms with van der Waals surface area (Å²) < 4.78 is 17.2. The molecule has 0 aromatic heterocycles. The van der Waals surface area contributed by atoms with Crippen LogP contribution in [0.15, 0.2) is 93.7 Å². The van der Waals surface area contributed by atoms with E-state index >= 15 is 0 Å². The van der Waals surface area contributed by atoms with Crippen LogP contribution in [0.3, 0.4) is 0 Å². The van der Waals surface area contributed by atoms with Gasteiger partial charge in [0.15, 0.2) is 0 Å². The van der Waals surface area contributed by atoms with Crippen LogP contribution >= 0.6 is 0 Å². The van der Waals surface area contributed by atoms with Gasteiger partial charge in [0.1, 0.15) is 30.5 Å². The molecule has 0 heterocycles. The molecule has 15 heteroatoms. The number of hydrogen-bond acceptors (Lipinski definition) is 15. The first-order chi connectivity index (χ1) is 49.4. The smallest absolute Gasteiger partial charge is 0.114 e. The first kappa shape index (κ1) is 87.9. The van der Waals surface area contributed by atoms with E-state index in [1.807, 2.05) is 48.5 Å². The maximum absolute atomic E-state index is 11.6. The minimum atomic E-state index is -0.931. The van der Waals surface area contributed by atoms with Gasteiger partial charge in [0.2, 0.25) is 0 Å². The quantitative estimate of drug-likeness (QED) is 0.0298. The molecule has 7 saturated carbocycles. The lowest BCUT2D eigenvalue weighted by atomic mass is 9.49. The lowest BCUT2D eigenvalue weighted by Crippen LogP contribution is -2.59. The third-order valence-electron chi connectivity index (χ3n) is 28.9. The summed E-state index contributed by atoms with van der Waals surface area (Å²) in [6.45, 7) is 35.5. The van der Waals surface area contributed by atoms with E-state index in [-0.39, 0.29) is 31.2 Å². The zero-order valence-corrected chi connectivity index (χ0v) is 67.9. The third kappa shape index (κ3) is 21.2. The Bertz CT molecular complexity index is 3010. The van der Waals surface area contributed by atoms with Crippen molar-refractivity contribution in [1.82, 2.24) is 0 Å². The van der Waals surface area contributed by atoms with Gasteiger partial charge in [-0.1, -0.05) is 153 Å². The minimum absolute atomic E-state index is 0.0269. The predicted octanol–water partition coefficient (Wildman–Crippen LogP) is 14.9. The van der Waals surface area contributed by atoms with Gasteiger partial charge in [-0.05, 0) is 280 Å². The fourth-order valence-electron chi connectivity index (χ4n) is 22.9. The number of ether oxygens (including phenoxy) is 3. The van der Waals surface area contributed by atoms with E-state index in [1.54, 1.807) is 0 Å². The molecule has 0 aliphatic heterocycles. The van der Waals surface area contributed by atoms with Crippen LogP contribution in [0, 0.1) is 80.8 Å². The van der Waals surface area contributed by atoms with E-state index < -0.39 is 77.2 Å². The number of fused-ring (bicyclic) bond motifs is 7. The largest absolute Gasteiger partial charge is 0.396 e. The second kappa shape index (κ2) is 37.8. The van der Waals surface area contributed by atoms with E-state index in [9.17, 15) is 46.0 Å². The molecule has 15 nitrogen and oxygen atoms in total.